The van der Waals surface area contributed by atoms with Gasteiger partial charge in [0.25, 0.3) is 0 Å². The molecule has 2 N–H and O–H groups in total. The van der Waals surface area contributed by atoms with Gasteiger partial charge in [0.2, 0.25) is 11.8 Å². The van der Waals surface area contributed by atoms with Gasteiger partial charge in [-0.05, 0) is 19.4 Å². The molecule has 0 aromatic carbocycles. The fourth-order valence-corrected chi connectivity index (χ4v) is 1.35. The van der Waals surface area contributed by atoms with Crippen LogP contribution in [0.1, 0.15) is 12.8 Å². The quantitative estimate of drug-likeness (QED) is 0.609. The molecule has 2 amide bonds. The molecule has 0 aliphatic carbocycles. The maximum Gasteiger partial charge on any atom is 0.241 e. The van der Waals surface area contributed by atoms with Crippen LogP contribution in [0, 0.1) is 0 Å². The van der Waals surface area contributed by atoms with Gasteiger partial charge in [-0.1, -0.05) is 0 Å². The Morgan fingerprint density at radius 2 is 2.21 bits per heavy atom. The molecule has 1 saturated heterocycles. The van der Waals surface area contributed by atoms with Crippen molar-refractivity contribution in [2.45, 2.75) is 18.9 Å². The van der Waals surface area contributed by atoms with E-state index in [0.717, 1.165) is 19.4 Å². The first-order valence-electron chi connectivity index (χ1n) is 4.82. The van der Waals surface area contributed by atoms with Gasteiger partial charge in [0, 0.05) is 14.1 Å². The van der Waals surface area contributed by atoms with Gasteiger partial charge in [-0.25, -0.2) is 0 Å². The Balaban J connectivity index is 2.23. The maximum absolute atomic E-state index is 11.4. The SMILES string of the molecule is CN(C)C(=O)CNC(=O)[C@@H]1CCCN1. The van der Waals surface area contributed by atoms with E-state index in [4.69, 9.17) is 0 Å². The summed E-state index contributed by atoms with van der Waals surface area (Å²) in [5, 5.41) is 5.69. The van der Waals surface area contributed by atoms with Crippen LogP contribution in [0.5, 0.6) is 0 Å². The van der Waals surface area contributed by atoms with Gasteiger partial charge in [0.1, 0.15) is 0 Å². The van der Waals surface area contributed by atoms with Crippen LogP contribution in [-0.2, 0) is 9.59 Å². The number of hydrogen-bond donors (Lipinski definition) is 2. The van der Waals surface area contributed by atoms with E-state index < -0.39 is 0 Å². The summed E-state index contributed by atoms with van der Waals surface area (Å²) in [5.74, 6) is -0.158. The third-order valence-corrected chi connectivity index (χ3v) is 2.29. The van der Waals surface area contributed by atoms with Gasteiger partial charge in [-0.2, -0.15) is 0 Å². The highest BCUT2D eigenvalue weighted by Gasteiger charge is 2.22. The lowest BCUT2D eigenvalue weighted by molar-refractivity contribution is -0.131. The van der Waals surface area contributed by atoms with Gasteiger partial charge >= 0.3 is 0 Å². The molecule has 0 saturated carbocycles. The number of likely N-dealkylation sites (N-methyl/N-ethyl adjacent to an activating group) is 1. The van der Waals surface area contributed by atoms with Crippen molar-refractivity contribution in [3.63, 3.8) is 0 Å². The molecule has 1 rings (SSSR count). The predicted molar refractivity (Wildman–Crippen MR) is 52.7 cm³/mol. The van der Waals surface area contributed by atoms with Crippen LogP contribution in [0.2, 0.25) is 0 Å². The highest BCUT2D eigenvalue weighted by atomic mass is 16.2. The van der Waals surface area contributed by atoms with Crippen molar-refractivity contribution in [3.05, 3.63) is 0 Å². The van der Waals surface area contributed by atoms with Crippen LogP contribution in [-0.4, -0.2) is 49.9 Å². The monoisotopic (exact) mass is 199 g/mol. The van der Waals surface area contributed by atoms with Crippen molar-refractivity contribution in [1.29, 1.82) is 0 Å². The van der Waals surface area contributed by atoms with E-state index in [1.54, 1.807) is 14.1 Å². The van der Waals surface area contributed by atoms with Gasteiger partial charge in [0.05, 0.1) is 12.6 Å². The van der Waals surface area contributed by atoms with E-state index in [1.807, 2.05) is 0 Å². The highest BCUT2D eigenvalue weighted by Crippen LogP contribution is 2.03. The zero-order chi connectivity index (χ0) is 10.6. The van der Waals surface area contributed by atoms with Crippen molar-refractivity contribution in [2.75, 3.05) is 27.2 Å². The zero-order valence-electron chi connectivity index (χ0n) is 8.67. The average molecular weight is 199 g/mol. The number of rotatable bonds is 3. The van der Waals surface area contributed by atoms with Crippen molar-refractivity contribution in [2.24, 2.45) is 0 Å². The molecule has 1 fully saturated rings. The Morgan fingerprint density at radius 3 is 2.71 bits per heavy atom. The van der Waals surface area contributed by atoms with Crippen molar-refractivity contribution in [3.8, 4) is 0 Å². The fourth-order valence-electron chi connectivity index (χ4n) is 1.35. The molecule has 1 heterocycles. The number of nitrogens with zero attached hydrogens (tertiary/aromatic N) is 1. The molecule has 1 aliphatic rings. The molecule has 1 aliphatic heterocycles. The number of carbonyl (C=O) groups excluding carboxylic acids is 2. The molecular weight excluding hydrogens is 182 g/mol. The summed E-state index contributed by atoms with van der Waals surface area (Å²) in [6.07, 6.45) is 1.89. The molecule has 1 atom stereocenters. The van der Waals surface area contributed by atoms with E-state index in [2.05, 4.69) is 10.6 Å². The standard InChI is InChI=1S/C9H17N3O2/c1-12(2)8(13)6-11-9(14)7-4-3-5-10-7/h7,10H,3-6H2,1-2H3,(H,11,14)/t7-/m0/s1. The van der Waals surface area contributed by atoms with Crippen LogP contribution in [0.15, 0.2) is 0 Å². The number of hydrogen-bond acceptors (Lipinski definition) is 3. The second-order valence-corrected chi connectivity index (χ2v) is 3.65. The van der Waals surface area contributed by atoms with Crippen LogP contribution < -0.4 is 10.6 Å². The summed E-state index contributed by atoms with van der Waals surface area (Å²) in [4.78, 5) is 24.0. The number of nitrogens with one attached hydrogen (secondary N) is 2. The van der Waals surface area contributed by atoms with Gasteiger partial charge in [-0.15, -0.1) is 0 Å². The number of amides is 2. The smallest absolute Gasteiger partial charge is 0.241 e. The summed E-state index contributed by atoms with van der Waals surface area (Å²) >= 11 is 0. The van der Waals surface area contributed by atoms with Crippen LogP contribution in [0.25, 0.3) is 0 Å². The first-order chi connectivity index (χ1) is 6.61. The van der Waals surface area contributed by atoms with E-state index in [9.17, 15) is 9.59 Å². The van der Waals surface area contributed by atoms with Crippen molar-refractivity contribution < 1.29 is 9.59 Å². The molecule has 0 unspecified atom stereocenters. The summed E-state index contributed by atoms with van der Waals surface area (Å²) in [6, 6.07) is -0.107. The topological polar surface area (TPSA) is 61.4 Å². The molecule has 5 heteroatoms. The zero-order valence-corrected chi connectivity index (χ0v) is 8.67. The van der Waals surface area contributed by atoms with E-state index >= 15 is 0 Å². The fraction of sp³-hybridized carbons (Fsp3) is 0.778. The molecule has 0 spiro atoms. The normalized spacial score (nSPS) is 20.6. The minimum absolute atomic E-state index is 0.0716. The molecule has 0 radical (unpaired) electrons. The van der Waals surface area contributed by atoms with E-state index in [0.29, 0.717) is 0 Å². The minimum atomic E-state index is -0.107. The second-order valence-electron chi connectivity index (χ2n) is 3.65. The summed E-state index contributed by atoms with van der Waals surface area (Å²) in [7, 11) is 3.34. The summed E-state index contributed by atoms with van der Waals surface area (Å²) < 4.78 is 0. The van der Waals surface area contributed by atoms with Crippen LogP contribution >= 0.6 is 0 Å². The van der Waals surface area contributed by atoms with E-state index in [-0.39, 0.29) is 24.4 Å². The minimum Gasteiger partial charge on any atom is -0.347 e. The Kier molecular flexibility index (Phi) is 3.88. The molecule has 14 heavy (non-hydrogen) atoms. The summed E-state index contributed by atoms with van der Waals surface area (Å²) in [5.41, 5.74) is 0. The predicted octanol–water partition coefficient (Wildman–Crippen LogP) is -1.06. The van der Waals surface area contributed by atoms with Crippen molar-refractivity contribution >= 4 is 11.8 Å². The molecule has 0 aromatic heterocycles. The Bertz CT molecular complexity index is 222. The van der Waals surface area contributed by atoms with Crippen LogP contribution in [0.4, 0.5) is 0 Å². The molecule has 80 valence electrons. The van der Waals surface area contributed by atoms with Crippen molar-refractivity contribution in [1.82, 2.24) is 15.5 Å². The van der Waals surface area contributed by atoms with Crippen LogP contribution in [0.3, 0.4) is 0 Å². The largest absolute Gasteiger partial charge is 0.347 e. The maximum atomic E-state index is 11.4. The first kappa shape index (κ1) is 11.0. The molecular formula is C9H17N3O2. The van der Waals surface area contributed by atoms with Gasteiger partial charge < -0.3 is 15.5 Å². The Hall–Kier alpha value is -1.10. The van der Waals surface area contributed by atoms with E-state index in [1.165, 1.54) is 4.90 Å². The molecule has 0 aromatic rings. The lowest BCUT2D eigenvalue weighted by Crippen LogP contribution is -2.44. The first-order valence-corrected chi connectivity index (χ1v) is 4.82. The molecule has 5 nitrogen and oxygen atoms in total. The Morgan fingerprint density at radius 1 is 1.50 bits per heavy atom. The number of carbonyl (C=O) groups is 2. The highest BCUT2D eigenvalue weighted by molar-refractivity contribution is 5.87. The third kappa shape index (κ3) is 2.99. The molecule has 0 bridgehead atoms. The Labute approximate surface area is 83.8 Å². The lowest BCUT2D eigenvalue weighted by Gasteiger charge is -2.13. The third-order valence-electron chi connectivity index (χ3n) is 2.29. The lowest BCUT2D eigenvalue weighted by atomic mass is 10.2. The average Bonchev–Trinajstić information content (AvgIpc) is 2.66. The van der Waals surface area contributed by atoms with Gasteiger partial charge in [0.15, 0.2) is 0 Å². The summed E-state index contributed by atoms with van der Waals surface area (Å²) in [6.45, 7) is 0.976. The van der Waals surface area contributed by atoms with Gasteiger partial charge in [-0.3, -0.25) is 9.59 Å². The second kappa shape index (κ2) is 4.95.